The molecule has 1 aromatic carbocycles. The largest absolute Gasteiger partial charge is 0.573 e. The van der Waals surface area contributed by atoms with Crippen LogP contribution in [-0.2, 0) is 10.0 Å². The van der Waals surface area contributed by atoms with Crippen molar-refractivity contribution >= 4 is 15.9 Å². The van der Waals surface area contributed by atoms with Crippen molar-refractivity contribution in [2.75, 3.05) is 0 Å². The lowest BCUT2D eigenvalue weighted by Crippen LogP contribution is -2.66. The predicted molar refractivity (Wildman–Crippen MR) is 116 cm³/mol. The molecule has 4 saturated carbocycles. The molecule has 2 unspecified atom stereocenters. The molecule has 5 rings (SSSR count). The molecule has 0 amide bonds. The number of ether oxygens (including phenoxy) is 2. The summed E-state index contributed by atoms with van der Waals surface area (Å²) in [6.07, 6.45) is -0.180. The molecular weight excluding hydrogens is 473 g/mol. The quantitative estimate of drug-likeness (QED) is 0.265. The van der Waals surface area contributed by atoms with Crippen LogP contribution in [0.3, 0.4) is 0 Å². The van der Waals surface area contributed by atoms with Crippen molar-refractivity contribution in [1.29, 1.82) is 10.7 Å². The molecule has 8 nitrogen and oxygen atoms in total. The summed E-state index contributed by atoms with van der Waals surface area (Å²) in [6, 6.07) is 4.85. The Labute approximate surface area is 196 Å². The zero-order valence-corrected chi connectivity index (χ0v) is 19.6. The molecule has 4 aliphatic rings. The SMILES string of the molecule is CC(C)(Oc1ccccc1OC(F)(F)F)C(=N)N(C#N)C1C2CC3CC1CC(S(N)(=O)=O)(C3)C2. The van der Waals surface area contributed by atoms with Crippen LogP contribution < -0.4 is 14.6 Å². The van der Waals surface area contributed by atoms with Gasteiger partial charge in [0, 0.05) is 0 Å². The van der Waals surface area contributed by atoms with Crippen molar-refractivity contribution in [3.05, 3.63) is 24.3 Å². The minimum Gasteiger partial charge on any atom is -0.476 e. The van der Waals surface area contributed by atoms with Gasteiger partial charge in [-0.25, -0.2) is 13.6 Å². The summed E-state index contributed by atoms with van der Waals surface area (Å²) >= 11 is 0. The van der Waals surface area contributed by atoms with E-state index in [1.165, 1.54) is 36.9 Å². The highest BCUT2D eigenvalue weighted by molar-refractivity contribution is 7.90. The van der Waals surface area contributed by atoms with Crippen LogP contribution in [0, 0.1) is 34.6 Å². The Hall–Kier alpha value is -2.52. The molecule has 186 valence electrons. The van der Waals surface area contributed by atoms with E-state index < -0.39 is 38.5 Å². The number of nitriles is 1. The fourth-order valence-corrected chi connectivity index (χ4v) is 7.68. The molecule has 2 atom stereocenters. The molecule has 1 aromatic rings. The number of para-hydroxylation sites is 2. The van der Waals surface area contributed by atoms with Crippen molar-refractivity contribution in [3.63, 3.8) is 0 Å². The first-order valence-corrected chi connectivity index (χ1v) is 12.5. The number of amidine groups is 1. The lowest BCUT2D eigenvalue weighted by molar-refractivity contribution is -0.275. The third-order valence-corrected chi connectivity index (χ3v) is 9.13. The lowest BCUT2D eigenvalue weighted by atomic mass is 9.53. The van der Waals surface area contributed by atoms with Crippen LogP contribution in [0.25, 0.3) is 0 Å². The summed E-state index contributed by atoms with van der Waals surface area (Å²) in [6.45, 7) is 2.98. The van der Waals surface area contributed by atoms with E-state index in [-0.39, 0.29) is 29.3 Å². The number of nitrogens with zero attached hydrogens (tertiary/aromatic N) is 2. The molecule has 0 radical (unpaired) electrons. The van der Waals surface area contributed by atoms with E-state index >= 15 is 0 Å². The number of alkyl halides is 3. The van der Waals surface area contributed by atoms with Crippen LogP contribution in [0.2, 0.25) is 0 Å². The van der Waals surface area contributed by atoms with Gasteiger partial charge in [0.25, 0.3) is 0 Å². The monoisotopic (exact) mass is 500 g/mol. The van der Waals surface area contributed by atoms with E-state index in [1.807, 2.05) is 0 Å². The Balaban J connectivity index is 1.58. The van der Waals surface area contributed by atoms with Crippen LogP contribution in [0.4, 0.5) is 13.2 Å². The molecule has 3 N–H and O–H groups in total. The normalized spacial score (nSPS) is 30.5. The van der Waals surface area contributed by atoms with E-state index in [9.17, 15) is 26.9 Å². The highest BCUT2D eigenvalue weighted by Gasteiger charge is 2.62. The second kappa shape index (κ2) is 8.02. The fourth-order valence-electron chi connectivity index (χ4n) is 6.32. The van der Waals surface area contributed by atoms with Crippen molar-refractivity contribution in [2.45, 2.75) is 68.7 Å². The molecule has 34 heavy (non-hydrogen) atoms. The fraction of sp³-hybridized carbons (Fsp3) is 0.636. The molecule has 4 bridgehead atoms. The van der Waals surface area contributed by atoms with E-state index in [1.54, 1.807) is 0 Å². The number of benzene rings is 1. The summed E-state index contributed by atoms with van der Waals surface area (Å²) in [7, 11) is -3.77. The highest BCUT2D eigenvalue weighted by atomic mass is 32.2. The standard InChI is InChI=1S/C22H27F3N4O4S/c1-20(2,32-16-5-3-4-6-17(16)33-22(23,24)25)19(27)29(12-26)18-14-7-13-8-15(18)11-21(9-13,10-14)34(28,30)31/h3-6,13-15,18,27H,7-11H2,1-2H3,(H2,28,30,31). The molecule has 4 aliphatic carbocycles. The lowest BCUT2D eigenvalue weighted by Gasteiger charge is -2.60. The molecule has 0 aromatic heterocycles. The van der Waals surface area contributed by atoms with Crippen LogP contribution in [0.15, 0.2) is 24.3 Å². The zero-order chi connectivity index (χ0) is 25.1. The van der Waals surface area contributed by atoms with Crippen molar-refractivity contribution in [2.24, 2.45) is 22.9 Å². The van der Waals surface area contributed by atoms with Crippen molar-refractivity contribution in [1.82, 2.24) is 4.90 Å². The van der Waals surface area contributed by atoms with Gasteiger partial charge in [0.05, 0.1) is 10.8 Å². The summed E-state index contributed by atoms with van der Waals surface area (Å²) in [5, 5.41) is 24.4. The van der Waals surface area contributed by atoms with Crippen LogP contribution in [0.5, 0.6) is 11.5 Å². The predicted octanol–water partition coefficient (Wildman–Crippen LogP) is 3.74. The molecule has 0 spiro atoms. The Morgan fingerprint density at radius 3 is 2.15 bits per heavy atom. The topological polar surface area (TPSA) is 130 Å². The van der Waals surface area contributed by atoms with E-state index in [0.717, 1.165) is 18.9 Å². The van der Waals surface area contributed by atoms with Gasteiger partial charge in [0.2, 0.25) is 10.0 Å². The third kappa shape index (κ3) is 4.31. The number of nitrogens with two attached hydrogens (primary N) is 1. The zero-order valence-electron chi connectivity index (χ0n) is 18.8. The molecule has 0 saturated heterocycles. The molecule has 12 heteroatoms. The molecule has 4 fully saturated rings. The average molecular weight is 501 g/mol. The number of nitrogens with one attached hydrogen (secondary N) is 1. The van der Waals surface area contributed by atoms with Gasteiger partial charge in [-0.3, -0.25) is 10.3 Å². The van der Waals surface area contributed by atoms with Crippen LogP contribution in [-0.4, -0.2) is 41.9 Å². The number of primary sulfonamides is 1. The summed E-state index contributed by atoms with van der Waals surface area (Å²) < 4.78 is 72.0. The van der Waals surface area contributed by atoms with Gasteiger partial charge >= 0.3 is 6.36 Å². The van der Waals surface area contributed by atoms with Crippen molar-refractivity contribution in [3.8, 4) is 17.7 Å². The van der Waals surface area contributed by atoms with Gasteiger partial charge in [-0.2, -0.15) is 5.26 Å². The van der Waals surface area contributed by atoms with E-state index in [0.29, 0.717) is 19.3 Å². The average Bonchev–Trinajstić information content (AvgIpc) is 2.69. The number of sulfonamides is 1. The first-order chi connectivity index (χ1) is 15.7. The van der Waals surface area contributed by atoms with Gasteiger partial charge in [0.15, 0.2) is 29.1 Å². The maximum absolute atomic E-state index is 12.8. The van der Waals surface area contributed by atoms with E-state index in [2.05, 4.69) is 10.9 Å². The minimum atomic E-state index is -4.92. The minimum absolute atomic E-state index is 0.138. The third-order valence-electron chi connectivity index (χ3n) is 7.43. The molecule has 0 aliphatic heterocycles. The van der Waals surface area contributed by atoms with Gasteiger partial charge in [-0.15, -0.1) is 13.2 Å². The second-order valence-electron chi connectivity index (χ2n) is 10.1. The maximum atomic E-state index is 12.8. The van der Waals surface area contributed by atoms with Crippen molar-refractivity contribution < 1.29 is 31.1 Å². The Kier molecular flexibility index (Phi) is 5.80. The Morgan fingerprint density at radius 1 is 1.15 bits per heavy atom. The van der Waals surface area contributed by atoms with Gasteiger partial charge in [-0.1, -0.05) is 12.1 Å². The summed E-state index contributed by atoms with van der Waals surface area (Å²) in [5.74, 6) is -1.06. The summed E-state index contributed by atoms with van der Waals surface area (Å²) in [4.78, 5) is 1.25. The molecule has 0 heterocycles. The highest BCUT2D eigenvalue weighted by Crippen LogP contribution is 2.59. The van der Waals surface area contributed by atoms with Gasteiger partial charge in [-0.05, 0) is 75.8 Å². The van der Waals surface area contributed by atoms with Gasteiger partial charge in [0.1, 0.15) is 0 Å². The van der Waals surface area contributed by atoms with Gasteiger partial charge < -0.3 is 9.47 Å². The molecular formula is C22H27F3N4O4S. The van der Waals surface area contributed by atoms with Crippen LogP contribution in [0.1, 0.15) is 46.0 Å². The number of halogens is 3. The number of rotatable bonds is 6. The second-order valence-corrected chi connectivity index (χ2v) is 12.1. The summed E-state index contributed by atoms with van der Waals surface area (Å²) in [5.41, 5.74) is -1.48. The van der Waals surface area contributed by atoms with E-state index in [4.69, 9.17) is 15.3 Å². The first kappa shape index (κ1) is 24.6. The number of hydrogen-bond donors (Lipinski definition) is 2. The smallest absolute Gasteiger partial charge is 0.476 e. The Morgan fingerprint density at radius 2 is 1.68 bits per heavy atom. The maximum Gasteiger partial charge on any atom is 0.573 e. The first-order valence-electron chi connectivity index (χ1n) is 11.0. The number of hydrogen-bond acceptors (Lipinski definition) is 6. The van der Waals surface area contributed by atoms with Crippen LogP contribution >= 0.6 is 0 Å². The Bertz CT molecular complexity index is 1120.